The number of carbonyl (C=O) groups is 1. The molecule has 184 valence electrons. The summed E-state index contributed by atoms with van der Waals surface area (Å²) in [4.78, 5) is 17.3. The third-order valence-electron chi connectivity index (χ3n) is 7.56. The number of piperazine rings is 1. The third kappa shape index (κ3) is 6.19. The number of anilines is 1. The topological polar surface area (TPSA) is 47.6 Å². The van der Waals surface area contributed by atoms with Crippen molar-refractivity contribution in [2.75, 3.05) is 51.1 Å². The van der Waals surface area contributed by atoms with E-state index >= 15 is 0 Å². The second-order valence-electron chi connectivity index (χ2n) is 9.80. The summed E-state index contributed by atoms with van der Waals surface area (Å²) in [5.41, 5.74) is 4.56. The maximum absolute atomic E-state index is 12.8. The summed E-state index contributed by atoms with van der Waals surface area (Å²) >= 11 is 0. The van der Waals surface area contributed by atoms with E-state index in [1.165, 1.54) is 48.9 Å². The van der Waals surface area contributed by atoms with Crippen molar-refractivity contribution in [3.63, 3.8) is 0 Å². The van der Waals surface area contributed by atoms with Crippen LogP contribution >= 0.6 is 0 Å². The summed E-state index contributed by atoms with van der Waals surface area (Å²) in [5, 5.41) is 7.22. The molecule has 0 bridgehead atoms. The molecule has 0 spiro atoms. The van der Waals surface area contributed by atoms with Gasteiger partial charge in [0, 0.05) is 57.1 Å². The minimum absolute atomic E-state index is 0.115. The minimum atomic E-state index is 0.115. The first-order valence-corrected chi connectivity index (χ1v) is 13.4. The number of hydrogen-bond acceptors (Lipinski definition) is 4. The lowest BCUT2D eigenvalue weighted by Crippen LogP contribution is -2.45. The molecule has 1 aliphatic carbocycles. The molecule has 5 nitrogen and oxygen atoms in total. The van der Waals surface area contributed by atoms with E-state index in [-0.39, 0.29) is 11.9 Å². The van der Waals surface area contributed by atoms with Crippen LogP contribution in [0.5, 0.6) is 0 Å². The Bertz CT molecular complexity index is 897. The van der Waals surface area contributed by atoms with Crippen LogP contribution in [0.4, 0.5) is 5.69 Å². The zero-order chi connectivity index (χ0) is 23.8. The Hall–Kier alpha value is -2.37. The standard InChI is InChI=1S/C29H42N4O/c1-3-32(4-2)29(34)25-15-13-24(14-16-25)28(33-19-17-30-18-20-33)26-11-8-12-27(21-26)31-22-23-9-6-5-7-10-23/h8,11-16,21,23,28,30-31H,3-7,9-10,17-20,22H2,1-2H3/t28-/m1/s1. The van der Waals surface area contributed by atoms with Crippen LogP contribution in [-0.2, 0) is 0 Å². The fourth-order valence-electron chi connectivity index (χ4n) is 5.53. The number of hydrogen-bond donors (Lipinski definition) is 2. The maximum atomic E-state index is 12.8. The Morgan fingerprint density at radius 3 is 2.38 bits per heavy atom. The van der Waals surface area contributed by atoms with E-state index in [0.717, 1.165) is 57.3 Å². The highest BCUT2D eigenvalue weighted by molar-refractivity contribution is 5.94. The number of amides is 1. The van der Waals surface area contributed by atoms with E-state index in [9.17, 15) is 4.79 Å². The largest absolute Gasteiger partial charge is 0.385 e. The van der Waals surface area contributed by atoms with Gasteiger partial charge in [-0.15, -0.1) is 0 Å². The number of nitrogens with one attached hydrogen (secondary N) is 2. The molecule has 2 fully saturated rings. The first-order chi connectivity index (χ1) is 16.7. The lowest BCUT2D eigenvalue weighted by atomic mass is 9.89. The van der Waals surface area contributed by atoms with E-state index in [4.69, 9.17) is 0 Å². The summed E-state index contributed by atoms with van der Waals surface area (Å²) in [6.45, 7) is 10.7. The number of nitrogens with zero attached hydrogens (tertiary/aromatic N) is 2. The van der Waals surface area contributed by atoms with Gasteiger partial charge < -0.3 is 15.5 Å². The molecule has 2 N–H and O–H groups in total. The van der Waals surface area contributed by atoms with E-state index < -0.39 is 0 Å². The Morgan fingerprint density at radius 1 is 1.00 bits per heavy atom. The van der Waals surface area contributed by atoms with Gasteiger partial charge in [0.1, 0.15) is 0 Å². The summed E-state index contributed by atoms with van der Waals surface area (Å²) < 4.78 is 0. The molecule has 1 atom stereocenters. The van der Waals surface area contributed by atoms with Gasteiger partial charge in [0.15, 0.2) is 0 Å². The molecule has 1 heterocycles. The molecule has 2 aliphatic rings. The van der Waals surface area contributed by atoms with Crippen LogP contribution in [0.2, 0.25) is 0 Å². The lowest BCUT2D eigenvalue weighted by Gasteiger charge is -2.36. The number of rotatable bonds is 9. The average molecular weight is 463 g/mol. The summed E-state index contributed by atoms with van der Waals surface area (Å²) in [7, 11) is 0. The van der Waals surface area contributed by atoms with Gasteiger partial charge in [-0.1, -0.05) is 43.5 Å². The van der Waals surface area contributed by atoms with Gasteiger partial charge in [0.25, 0.3) is 5.91 Å². The lowest BCUT2D eigenvalue weighted by molar-refractivity contribution is 0.0773. The summed E-state index contributed by atoms with van der Waals surface area (Å²) in [6, 6.07) is 17.5. The van der Waals surface area contributed by atoms with Crippen molar-refractivity contribution in [3.8, 4) is 0 Å². The Kier molecular flexibility index (Phi) is 9.00. The van der Waals surface area contributed by atoms with Gasteiger partial charge in [0.2, 0.25) is 0 Å². The van der Waals surface area contributed by atoms with Crippen molar-refractivity contribution in [3.05, 3.63) is 65.2 Å². The molecular weight excluding hydrogens is 420 g/mol. The van der Waals surface area contributed by atoms with Gasteiger partial charge in [-0.3, -0.25) is 9.69 Å². The van der Waals surface area contributed by atoms with Crippen LogP contribution in [0.15, 0.2) is 48.5 Å². The van der Waals surface area contributed by atoms with Crippen LogP contribution in [0, 0.1) is 5.92 Å². The highest BCUT2D eigenvalue weighted by Gasteiger charge is 2.25. The predicted molar refractivity (Wildman–Crippen MR) is 141 cm³/mol. The highest BCUT2D eigenvalue weighted by Crippen LogP contribution is 2.31. The van der Waals surface area contributed by atoms with Crippen molar-refractivity contribution in [1.82, 2.24) is 15.1 Å². The van der Waals surface area contributed by atoms with E-state index in [1.54, 1.807) is 0 Å². The van der Waals surface area contributed by atoms with Gasteiger partial charge in [-0.2, -0.15) is 0 Å². The Balaban J connectivity index is 1.55. The van der Waals surface area contributed by atoms with Crippen LogP contribution in [-0.4, -0.2) is 61.5 Å². The van der Waals surface area contributed by atoms with Gasteiger partial charge in [-0.05, 0) is 68.0 Å². The van der Waals surface area contributed by atoms with E-state index in [1.807, 2.05) is 30.9 Å². The van der Waals surface area contributed by atoms with Gasteiger partial charge in [0.05, 0.1) is 6.04 Å². The van der Waals surface area contributed by atoms with Crippen molar-refractivity contribution in [2.45, 2.75) is 52.0 Å². The molecule has 4 rings (SSSR count). The molecule has 0 radical (unpaired) electrons. The highest BCUT2D eigenvalue weighted by atomic mass is 16.2. The fraction of sp³-hybridized carbons (Fsp3) is 0.552. The monoisotopic (exact) mass is 462 g/mol. The van der Waals surface area contributed by atoms with Crippen LogP contribution in [0.3, 0.4) is 0 Å². The molecule has 2 aromatic carbocycles. The van der Waals surface area contributed by atoms with E-state index in [0.29, 0.717) is 0 Å². The molecule has 5 heteroatoms. The summed E-state index contributed by atoms with van der Waals surface area (Å²) in [5.74, 6) is 0.918. The van der Waals surface area contributed by atoms with Crippen molar-refractivity contribution in [2.24, 2.45) is 5.92 Å². The van der Waals surface area contributed by atoms with Crippen LogP contribution < -0.4 is 10.6 Å². The average Bonchev–Trinajstić information content (AvgIpc) is 2.90. The minimum Gasteiger partial charge on any atom is -0.385 e. The Morgan fingerprint density at radius 2 is 1.71 bits per heavy atom. The number of carbonyl (C=O) groups excluding carboxylic acids is 1. The van der Waals surface area contributed by atoms with Crippen LogP contribution in [0.25, 0.3) is 0 Å². The molecule has 0 unspecified atom stereocenters. The van der Waals surface area contributed by atoms with Crippen molar-refractivity contribution in [1.29, 1.82) is 0 Å². The predicted octanol–water partition coefficient (Wildman–Crippen LogP) is 5.16. The zero-order valence-electron chi connectivity index (χ0n) is 21.1. The second-order valence-corrected chi connectivity index (χ2v) is 9.80. The first-order valence-electron chi connectivity index (χ1n) is 13.4. The summed E-state index contributed by atoms with van der Waals surface area (Å²) in [6.07, 6.45) is 6.87. The Labute approximate surface area is 205 Å². The molecule has 1 aliphatic heterocycles. The zero-order valence-corrected chi connectivity index (χ0v) is 21.1. The normalized spacial score (nSPS) is 18.4. The molecule has 1 saturated heterocycles. The molecule has 0 aromatic heterocycles. The van der Waals surface area contributed by atoms with Gasteiger partial charge >= 0.3 is 0 Å². The smallest absolute Gasteiger partial charge is 0.253 e. The molecule has 1 saturated carbocycles. The fourth-order valence-corrected chi connectivity index (χ4v) is 5.53. The molecule has 1 amide bonds. The molecule has 2 aromatic rings. The van der Waals surface area contributed by atoms with Crippen LogP contribution in [0.1, 0.15) is 73.5 Å². The van der Waals surface area contributed by atoms with Crippen molar-refractivity contribution < 1.29 is 4.79 Å². The number of benzene rings is 2. The van der Waals surface area contributed by atoms with Crippen molar-refractivity contribution >= 4 is 11.6 Å². The molecule has 34 heavy (non-hydrogen) atoms. The SMILES string of the molecule is CCN(CC)C(=O)c1ccc([C@H](c2cccc(NCC3CCCCC3)c2)N2CCNCC2)cc1. The molecular formula is C29H42N4O. The first kappa shape index (κ1) is 24.7. The maximum Gasteiger partial charge on any atom is 0.253 e. The van der Waals surface area contributed by atoms with Gasteiger partial charge in [-0.25, -0.2) is 0 Å². The third-order valence-corrected chi connectivity index (χ3v) is 7.56. The quantitative estimate of drug-likeness (QED) is 0.541. The van der Waals surface area contributed by atoms with E-state index in [2.05, 4.69) is 51.9 Å². The second kappa shape index (κ2) is 12.4.